The fraction of sp³-hybridized carbons (Fsp3) is 0.316. The van der Waals surface area contributed by atoms with Crippen molar-refractivity contribution in [2.75, 3.05) is 19.0 Å². The van der Waals surface area contributed by atoms with Gasteiger partial charge in [0.25, 0.3) is 5.91 Å². The molecule has 4 nitrogen and oxygen atoms in total. The van der Waals surface area contributed by atoms with Crippen molar-refractivity contribution in [1.29, 1.82) is 0 Å². The molecule has 5 heteroatoms. The maximum Gasteiger partial charge on any atom is 0.262 e. The van der Waals surface area contributed by atoms with Gasteiger partial charge in [-0.15, -0.1) is 0 Å². The number of methoxy groups -OCH3 is 1. The van der Waals surface area contributed by atoms with Crippen LogP contribution in [0.25, 0.3) is 0 Å². The summed E-state index contributed by atoms with van der Waals surface area (Å²) in [7, 11) is 1.53. The van der Waals surface area contributed by atoms with E-state index in [2.05, 4.69) is 19.2 Å². The van der Waals surface area contributed by atoms with Crippen LogP contribution in [0.5, 0.6) is 11.5 Å². The molecule has 0 aliphatic heterocycles. The molecule has 0 heterocycles. The molecule has 0 saturated carbocycles. The maximum absolute atomic E-state index is 12.1. The fourth-order valence-corrected chi connectivity index (χ4v) is 2.38. The van der Waals surface area contributed by atoms with E-state index in [1.165, 1.54) is 12.7 Å². The van der Waals surface area contributed by atoms with E-state index < -0.39 is 0 Å². The van der Waals surface area contributed by atoms with Crippen LogP contribution in [0.4, 0.5) is 5.69 Å². The quantitative estimate of drug-likeness (QED) is 0.816. The summed E-state index contributed by atoms with van der Waals surface area (Å²) in [5.74, 6) is 1.34. The largest absolute Gasteiger partial charge is 0.495 e. The van der Waals surface area contributed by atoms with Crippen molar-refractivity contribution in [1.82, 2.24) is 0 Å². The minimum atomic E-state index is -0.259. The van der Waals surface area contributed by atoms with Crippen LogP contribution in [0.3, 0.4) is 0 Å². The molecule has 2 aromatic rings. The predicted octanol–water partition coefficient (Wildman–Crippen LogP) is 4.80. The molecule has 0 unspecified atom stereocenters. The Labute approximate surface area is 147 Å². The van der Waals surface area contributed by atoms with Crippen LogP contribution in [0, 0.1) is 6.92 Å². The predicted molar refractivity (Wildman–Crippen MR) is 97.4 cm³/mol. The summed E-state index contributed by atoms with van der Waals surface area (Å²) < 4.78 is 10.8. The first kappa shape index (κ1) is 18.1. The minimum absolute atomic E-state index is 0.0770. The van der Waals surface area contributed by atoms with Gasteiger partial charge in [0.05, 0.1) is 12.8 Å². The van der Waals surface area contributed by atoms with Crippen molar-refractivity contribution >= 4 is 23.2 Å². The molecular weight excluding hydrogens is 326 g/mol. The molecule has 0 radical (unpaired) electrons. The lowest BCUT2D eigenvalue weighted by molar-refractivity contribution is -0.118. The molecule has 1 amide bonds. The van der Waals surface area contributed by atoms with Crippen molar-refractivity contribution in [3.8, 4) is 11.5 Å². The first-order valence-corrected chi connectivity index (χ1v) is 8.15. The number of anilines is 1. The number of benzene rings is 2. The third kappa shape index (κ3) is 4.65. The summed E-state index contributed by atoms with van der Waals surface area (Å²) in [6.07, 6.45) is 0. The first-order valence-electron chi connectivity index (χ1n) is 7.77. The zero-order chi connectivity index (χ0) is 17.7. The van der Waals surface area contributed by atoms with Gasteiger partial charge in [-0.05, 0) is 42.2 Å². The highest BCUT2D eigenvalue weighted by Gasteiger charge is 2.11. The summed E-state index contributed by atoms with van der Waals surface area (Å²) in [5.41, 5.74) is 2.60. The second-order valence-corrected chi connectivity index (χ2v) is 6.27. The van der Waals surface area contributed by atoms with E-state index in [1.807, 2.05) is 31.2 Å². The fourth-order valence-electron chi connectivity index (χ4n) is 2.23. The molecule has 2 aromatic carbocycles. The molecule has 0 bridgehead atoms. The SMILES string of the molecule is COc1cc(Cl)c(C)cc1NC(=O)COc1cccc(C(C)C)c1. The summed E-state index contributed by atoms with van der Waals surface area (Å²) in [6.45, 7) is 6.01. The second-order valence-electron chi connectivity index (χ2n) is 5.87. The molecule has 0 spiro atoms. The molecule has 0 aliphatic carbocycles. The van der Waals surface area contributed by atoms with E-state index in [1.54, 1.807) is 12.1 Å². The van der Waals surface area contributed by atoms with Gasteiger partial charge in [-0.3, -0.25) is 4.79 Å². The number of amides is 1. The molecular formula is C19H22ClNO3. The lowest BCUT2D eigenvalue weighted by atomic mass is 10.0. The Morgan fingerprint density at radius 3 is 2.67 bits per heavy atom. The van der Waals surface area contributed by atoms with E-state index in [9.17, 15) is 4.79 Å². The molecule has 0 aliphatic rings. The third-order valence-electron chi connectivity index (χ3n) is 3.65. The van der Waals surface area contributed by atoms with Gasteiger partial charge in [-0.2, -0.15) is 0 Å². The van der Waals surface area contributed by atoms with Crippen LogP contribution in [0.15, 0.2) is 36.4 Å². The number of halogens is 1. The van der Waals surface area contributed by atoms with Gasteiger partial charge in [-0.25, -0.2) is 0 Å². The third-order valence-corrected chi connectivity index (χ3v) is 4.06. The average molecular weight is 348 g/mol. The summed E-state index contributed by atoms with van der Waals surface area (Å²) in [5, 5.41) is 3.38. The van der Waals surface area contributed by atoms with Crippen LogP contribution in [0.2, 0.25) is 5.02 Å². The van der Waals surface area contributed by atoms with Crippen LogP contribution in [-0.2, 0) is 4.79 Å². The maximum atomic E-state index is 12.1. The lowest BCUT2D eigenvalue weighted by Gasteiger charge is -2.13. The highest BCUT2D eigenvalue weighted by atomic mass is 35.5. The number of rotatable bonds is 6. The number of aryl methyl sites for hydroxylation is 1. The number of ether oxygens (including phenoxy) is 2. The van der Waals surface area contributed by atoms with Gasteiger partial charge in [0.2, 0.25) is 0 Å². The molecule has 1 N–H and O–H groups in total. The lowest BCUT2D eigenvalue weighted by Crippen LogP contribution is -2.20. The van der Waals surface area contributed by atoms with Crippen LogP contribution >= 0.6 is 11.6 Å². The number of nitrogens with one attached hydrogen (secondary N) is 1. The topological polar surface area (TPSA) is 47.6 Å². The van der Waals surface area contributed by atoms with Gasteiger partial charge >= 0.3 is 0 Å². The summed E-state index contributed by atoms with van der Waals surface area (Å²) in [4.78, 5) is 12.1. The molecule has 0 saturated heterocycles. The minimum Gasteiger partial charge on any atom is -0.495 e. The Morgan fingerprint density at radius 2 is 2.00 bits per heavy atom. The molecule has 2 rings (SSSR count). The normalized spacial score (nSPS) is 10.6. The summed E-state index contributed by atoms with van der Waals surface area (Å²) >= 11 is 6.07. The van der Waals surface area contributed by atoms with Crippen LogP contribution in [0.1, 0.15) is 30.9 Å². The Bertz CT molecular complexity index is 729. The molecule has 24 heavy (non-hydrogen) atoms. The van der Waals surface area contributed by atoms with Crippen molar-refractivity contribution in [3.05, 3.63) is 52.5 Å². The average Bonchev–Trinajstić information content (AvgIpc) is 2.56. The van der Waals surface area contributed by atoms with Crippen molar-refractivity contribution in [2.24, 2.45) is 0 Å². The van der Waals surface area contributed by atoms with E-state index >= 15 is 0 Å². The Morgan fingerprint density at radius 1 is 1.25 bits per heavy atom. The zero-order valence-corrected chi connectivity index (χ0v) is 15.1. The monoisotopic (exact) mass is 347 g/mol. The van der Waals surface area contributed by atoms with E-state index in [-0.39, 0.29) is 12.5 Å². The molecule has 128 valence electrons. The number of carbonyl (C=O) groups excluding carboxylic acids is 1. The molecule has 0 atom stereocenters. The number of hydrogen-bond donors (Lipinski definition) is 1. The Hall–Kier alpha value is -2.20. The first-order chi connectivity index (χ1) is 11.4. The highest BCUT2D eigenvalue weighted by Crippen LogP contribution is 2.30. The Kier molecular flexibility index (Phi) is 6.10. The zero-order valence-electron chi connectivity index (χ0n) is 14.4. The second kappa shape index (κ2) is 8.06. The van der Waals surface area contributed by atoms with Gasteiger partial charge in [-0.1, -0.05) is 37.6 Å². The van der Waals surface area contributed by atoms with Crippen LogP contribution in [-0.4, -0.2) is 19.6 Å². The van der Waals surface area contributed by atoms with Crippen molar-refractivity contribution in [3.63, 3.8) is 0 Å². The van der Waals surface area contributed by atoms with Gasteiger partial charge < -0.3 is 14.8 Å². The van der Waals surface area contributed by atoms with Crippen molar-refractivity contribution in [2.45, 2.75) is 26.7 Å². The number of carbonyl (C=O) groups is 1. The van der Waals surface area contributed by atoms with E-state index in [0.717, 1.165) is 5.56 Å². The van der Waals surface area contributed by atoms with Gasteiger partial charge in [0.15, 0.2) is 6.61 Å². The van der Waals surface area contributed by atoms with E-state index in [4.69, 9.17) is 21.1 Å². The van der Waals surface area contributed by atoms with Crippen molar-refractivity contribution < 1.29 is 14.3 Å². The standard InChI is InChI=1S/C19H22ClNO3/c1-12(2)14-6-5-7-15(9-14)24-11-19(22)21-17-8-13(3)16(20)10-18(17)23-4/h5-10,12H,11H2,1-4H3,(H,21,22). The number of hydrogen-bond acceptors (Lipinski definition) is 3. The highest BCUT2D eigenvalue weighted by molar-refractivity contribution is 6.31. The molecule has 0 fully saturated rings. The van der Waals surface area contributed by atoms with Crippen LogP contribution < -0.4 is 14.8 Å². The Balaban J connectivity index is 2.01. The van der Waals surface area contributed by atoms with Gasteiger partial charge in [0, 0.05) is 11.1 Å². The molecule has 0 aromatic heterocycles. The van der Waals surface area contributed by atoms with E-state index in [0.29, 0.717) is 28.1 Å². The smallest absolute Gasteiger partial charge is 0.262 e. The summed E-state index contributed by atoms with van der Waals surface area (Å²) in [6, 6.07) is 11.2. The van der Waals surface area contributed by atoms with Gasteiger partial charge in [0.1, 0.15) is 11.5 Å².